The Morgan fingerprint density at radius 3 is 1.70 bits per heavy atom. The van der Waals surface area contributed by atoms with Crippen molar-refractivity contribution in [2.24, 2.45) is 0 Å². The van der Waals surface area contributed by atoms with Crippen molar-refractivity contribution in [2.45, 2.75) is 19.8 Å². The third kappa shape index (κ3) is 11.6. The monoisotopic (exact) mass is 178 g/mol. The van der Waals surface area contributed by atoms with Crippen LogP contribution >= 0.6 is 7.28 Å². The van der Waals surface area contributed by atoms with E-state index in [-0.39, 0.29) is 23.5 Å². The van der Waals surface area contributed by atoms with Crippen LogP contribution in [0.3, 0.4) is 0 Å². The zero-order valence-electron chi connectivity index (χ0n) is 6.37. The summed E-state index contributed by atoms with van der Waals surface area (Å²) >= 11 is 0. The van der Waals surface area contributed by atoms with Gasteiger partial charge in [0.1, 0.15) is 0 Å². The van der Waals surface area contributed by atoms with Crippen molar-refractivity contribution in [2.75, 3.05) is 12.8 Å². The molecule has 0 saturated heterocycles. The normalized spacial score (nSPS) is 15.1. The van der Waals surface area contributed by atoms with Crippen LogP contribution in [0.5, 0.6) is 0 Å². The Labute approximate surface area is 72.4 Å². The van der Waals surface area contributed by atoms with E-state index in [1.54, 1.807) is 0 Å². The van der Waals surface area contributed by atoms with E-state index in [0.717, 1.165) is 13.1 Å². The first kappa shape index (κ1) is 13.4. The maximum atomic E-state index is 10.5. The predicted octanol–water partition coefficient (Wildman–Crippen LogP) is -1.59. The summed E-state index contributed by atoms with van der Waals surface area (Å²) in [6.45, 7) is 2.63. The SMILES string of the molecule is CCCCP(C)([O-])([O-])[O-].[Al+3]. The summed E-state index contributed by atoms with van der Waals surface area (Å²) in [4.78, 5) is 31.4. The van der Waals surface area contributed by atoms with Crippen molar-refractivity contribution in [3.8, 4) is 0 Å². The summed E-state index contributed by atoms with van der Waals surface area (Å²) in [5.41, 5.74) is 0. The van der Waals surface area contributed by atoms with Crippen molar-refractivity contribution >= 4 is 24.6 Å². The molecule has 0 rings (SSSR count). The average molecular weight is 178 g/mol. The van der Waals surface area contributed by atoms with Gasteiger partial charge in [0, 0.05) is 0 Å². The van der Waals surface area contributed by atoms with E-state index in [1.165, 1.54) is 0 Å². The molecule has 0 aromatic rings. The van der Waals surface area contributed by atoms with E-state index >= 15 is 0 Å². The first-order valence-electron chi connectivity index (χ1n) is 3.02. The van der Waals surface area contributed by atoms with E-state index in [4.69, 9.17) is 0 Å². The van der Waals surface area contributed by atoms with Crippen LogP contribution in [0.4, 0.5) is 0 Å². The fourth-order valence-electron chi connectivity index (χ4n) is 0.510. The Morgan fingerprint density at radius 1 is 1.20 bits per heavy atom. The molecule has 0 aliphatic heterocycles. The maximum absolute atomic E-state index is 10.5. The van der Waals surface area contributed by atoms with Crippen LogP contribution in [0.15, 0.2) is 0 Å². The predicted molar refractivity (Wildman–Crippen MR) is 38.4 cm³/mol. The quantitative estimate of drug-likeness (QED) is 0.386. The van der Waals surface area contributed by atoms with Gasteiger partial charge in [-0.3, -0.25) is 0 Å². The van der Waals surface area contributed by atoms with Crippen LogP contribution in [0.1, 0.15) is 19.8 Å². The molecule has 0 aromatic carbocycles. The van der Waals surface area contributed by atoms with Crippen molar-refractivity contribution in [3.63, 3.8) is 0 Å². The van der Waals surface area contributed by atoms with Crippen LogP contribution in [0.2, 0.25) is 0 Å². The molecule has 0 bridgehead atoms. The first-order valence-corrected chi connectivity index (χ1v) is 5.64. The molecule has 0 unspecified atom stereocenters. The standard InChI is InChI=1S/C5H12O3P.Al/c1-3-4-5-9(2,6,7)8;/h3-5H2,1-2H3;/q-3;+3. The van der Waals surface area contributed by atoms with Gasteiger partial charge in [0.05, 0.1) is 0 Å². The Morgan fingerprint density at radius 2 is 1.60 bits per heavy atom. The smallest absolute Gasteiger partial charge is 3.00 e. The van der Waals surface area contributed by atoms with Crippen molar-refractivity contribution < 1.29 is 14.7 Å². The number of unbranched alkanes of at least 4 members (excludes halogenated alkanes) is 1. The van der Waals surface area contributed by atoms with Crippen LogP contribution in [0, 0.1) is 0 Å². The van der Waals surface area contributed by atoms with E-state index in [1.807, 2.05) is 6.92 Å². The van der Waals surface area contributed by atoms with Crippen LogP contribution in [-0.4, -0.2) is 30.2 Å². The van der Waals surface area contributed by atoms with Gasteiger partial charge in [0.2, 0.25) is 0 Å². The zero-order chi connectivity index (χ0) is 7.57. The molecule has 0 aromatic heterocycles. The van der Waals surface area contributed by atoms with E-state index in [9.17, 15) is 14.7 Å². The van der Waals surface area contributed by atoms with Crippen LogP contribution in [-0.2, 0) is 0 Å². The Balaban J connectivity index is 0. The third-order valence-corrected chi connectivity index (χ3v) is 2.32. The van der Waals surface area contributed by atoms with Crippen LogP contribution in [0.25, 0.3) is 0 Å². The van der Waals surface area contributed by atoms with Gasteiger partial charge in [0.25, 0.3) is 0 Å². The summed E-state index contributed by atoms with van der Waals surface area (Å²) < 4.78 is 0. The van der Waals surface area contributed by atoms with Gasteiger partial charge in [0.15, 0.2) is 0 Å². The molecule has 0 aliphatic rings. The molecule has 0 saturated carbocycles. The molecule has 0 radical (unpaired) electrons. The van der Waals surface area contributed by atoms with Crippen molar-refractivity contribution in [1.82, 2.24) is 0 Å². The largest absolute Gasteiger partial charge is 3.00 e. The van der Waals surface area contributed by atoms with Gasteiger partial charge in [-0.2, -0.15) is 0 Å². The topological polar surface area (TPSA) is 69.2 Å². The fraction of sp³-hybridized carbons (Fsp3) is 1.00. The van der Waals surface area contributed by atoms with Crippen molar-refractivity contribution in [1.29, 1.82) is 0 Å². The minimum absolute atomic E-state index is 0. The van der Waals surface area contributed by atoms with E-state index < -0.39 is 7.28 Å². The molecule has 0 amide bonds. The van der Waals surface area contributed by atoms with Gasteiger partial charge in [-0.05, 0) is 0 Å². The Kier molecular flexibility index (Phi) is 5.40. The molecule has 10 heavy (non-hydrogen) atoms. The second-order valence-corrected chi connectivity index (χ2v) is 5.95. The van der Waals surface area contributed by atoms with Gasteiger partial charge in [-0.25, -0.2) is 0 Å². The molecule has 0 spiro atoms. The van der Waals surface area contributed by atoms with E-state index in [2.05, 4.69) is 0 Å². The number of rotatable bonds is 3. The fourth-order valence-corrected chi connectivity index (χ4v) is 1.53. The molecule has 0 N–H and O–H groups in total. The summed E-state index contributed by atoms with van der Waals surface area (Å²) in [5, 5.41) is 0. The second-order valence-electron chi connectivity index (χ2n) is 2.55. The molecular formula is C5H12AlO3P. The molecular weight excluding hydrogens is 166 g/mol. The van der Waals surface area contributed by atoms with E-state index in [0.29, 0.717) is 6.42 Å². The minimum Gasteiger partial charge on any atom is 3.00 e. The molecule has 0 aliphatic carbocycles. The summed E-state index contributed by atoms with van der Waals surface area (Å²) in [6, 6.07) is 0. The number of hydrogen-bond donors (Lipinski definition) is 0. The summed E-state index contributed by atoms with van der Waals surface area (Å²) in [5.74, 6) is 0. The van der Waals surface area contributed by atoms with Gasteiger partial charge >= 0.3 is 71.9 Å². The van der Waals surface area contributed by atoms with Crippen LogP contribution < -0.4 is 14.7 Å². The molecule has 0 fully saturated rings. The molecule has 0 atom stereocenters. The summed E-state index contributed by atoms with van der Waals surface area (Å²) in [6.07, 6.45) is 1.02. The molecule has 58 valence electrons. The molecule has 0 heterocycles. The van der Waals surface area contributed by atoms with Gasteiger partial charge < -0.3 is 0 Å². The Bertz CT molecular complexity index is 89.6. The maximum Gasteiger partial charge on any atom is 3.00 e. The van der Waals surface area contributed by atoms with Crippen molar-refractivity contribution in [3.05, 3.63) is 0 Å². The second kappa shape index (κ2) is 4.02. The average Bonchev–Trinajstić information content (AvgIpc) is 1.57. The Hall–Kier alpha value is 0.842. The first-order chi connectivity index (χ1) is 3.81. The summed E-state index contributed by atoms with van der Waals surface area (Å²) in [7, 11) is -4.88. The zero-order valence-corrected chi connectivity index (χ0v) is 8.42. The molecule has 5 heteroatoms. The minimum atomic E-state index is -4.88. The van der Waals surface area contributed by atoms with Gasteiger partial charge in [-0.15, -0.1) is 0 Å². The molecule has 3 nitrogen and oxygen atoms in total. The third-order valence-electron chi connectivity index (χ3n) is 1.01. The van der Waals surface area contributed by atoms with Gasteiger partial charge in [-0.1, -0.05) is 0 Å². The number of hydrogen-bond acceptors (Lipinski definition) is 3.